The second kappa shape index (κ2) is 7.72. The molecular weight excluding hydrogens is 395 g/mol. The number of carbonyl (C=O) groups is 1. The first-order valence-electron chi connectivity index (χ1n) is 6.31. The molecule has 1 unspecified atom stereocenters. The van der Waals surface area contributed by atoms with E-state index < -0.39 is 0 Å². The van der Waals surface area contributed by atoms with Gasteiger partial charge in [0.25, 0.3) is 0 Å². The van der Waals surface area contributed by atoms with E-state index in [0.29, 0.717) is 13.0 Å². The number of allylic oxidation sites excluding steroid dienone is 1. The minimum absolute atomic E-state index is 0. The number of benzene rings is 1. The maximum absolute atomic E-state index is 12.0. The molecule has 1 aromatic carbocycles. The third-order valence-electron chi connectivity index (χ3n) is 3.15. The number of ether oxygens (including phenoxy) is 1. The van der Waals surface area contributed by atoms with Gasteiger partial charge in [-0.15, -0.1) is 22.9 Å². The minimum Gasteiger partial charge on any atom is -0.494 e. The number of nitrogens with zero attached hydrogens (tertiary/aromatic N) is 1. The van der Waals surface area contributed by atoms with E-state index in [1.54, 1.807) is 11.9 Å². The summed E-state index contributed by atoms with van der Waals surface area (Å²) in [6.45, 7) is 4.63. The maximum Gasteiger partial charge on any atom is 0.236 e. The predicted molar refractivity (Wildman–Crippen MR) is 79.1 cm³/mol. The summed E-state index contributed by atoms with van der Waals surface area (Å²) in [6.07, 6.45) is 3.89. The van der Waals surface area contributed by atoms with Gasteiger partial charge in [-0.05, 0) is 19.1 Å². The van der Waals surface area contributed by atoms with Crippen molar-refractivity contribution in [2.75, 3.05) is 13.7 Å². The number of alkyl halides is 1. The molecule has 1 heterocycles. The van der Waals surface area contributed by atoms with E-state index in [0.717, 1.165) is 22.6 Å². The van der Waals surface area contributed by atoms with Gasteiger partial charge in [0, 0.05) is 39.8 Å². The molecule has 2 rings (SSSR count). The van der Waals surface area contributed by atoms with E-state index in [1.807, 2.05) is 32.0 Å². The Morgan fingerprint density at radius 1 is 1.50 bits per heavy atom. The van der Waals surface area contributed by atoms with Crippen LogP contribution in [0.1, 0.15) is 24.5 Å². The molecule has 1 aliphatic rings. The number of hydrogen-bond donors (Lipinski definition) is 0. The summed E-state index contributed by atoms with van der Waals surface area (Å²) < 4.78 is 5.48. The number of aryl methyl sites for hydroxylation is 1. The van der Waals surface area contributed by atoms with Gasteiger partial charge in [-0.3, -0.25) is 4.79 Å². The van der Waals surface area contributed by atoms with Crippen LogP contribution in [0.5, 0.6) is 5.75 Å². The molecule has 0 fully saturated rings. The van der Waals surface area contributed by atoms with Crippen LogP contribution in [0.2, 0.25) is 0 Å². The molecule has 1 amide bonds. The van der Waals surface area contributed by atoms with E-state index in [2.05, 4.69) is 22.0 Å². The molecule has 0 bridgehead atoms. The molecule has 5 heteroatoms. The average Bonchev–Trinajstić information content (AvgIpc) is 2.38. The summed E-state index contributed by atoms with van der Waals surface area (Å²) in [7, 11) is 1.79. The molecule has 3 nitrogen and oxygen atoms in total. The third-order valence-corrected chi connectivity index (χ3v) is 3.86. The van der Waals surface area contributed by atoms with Crippen molar-refractivity contribution in [1.29, 1.82) is 0 Å². The standard InChI is InChI=1S/C15H17BrNO2.Y/c1-4-19-11-5-6-12(10(2)9-11)14-8-7-13(16)15(18)17(14)3;/h5-6,9,13H,4,7H2,1-3H3;/q-1;. The second-order valence-electron chi connectivity index (χ2n) is 4.50. The molecule has 1 radical (unpaired) electrons. The summed E-state index contributed by atoms with van der Waals surface area (Å²) in [5.74, 6) is 0.926. The normalized spacial score (nSPS) is 18.4. The Kier molecular flexibility index (Phi) is 6.89. The second-order valence-corrected chi connectivity index (χ2v) is 5.61. The Morgan fingerprint density at radius 2 is 2.20 bits per heavy atom. The van der Waals surface area contributed by atoms with Crippen molar-refractivity contribution in [2.45, 2.75) is 25.1 Å². The fourth-order valence-electron chi connectivity index (χ4n) is 2.15. The molecule has 20 heavy (non-hydrogen) atoms. The van der Waals surface area contributed by atoms with Crippen LogP contribution in [-0.4, -0.2) is 29.3 Å². The first kappa shape index (κ1) is 17.9. The van der Waals surface area contributed by atoms with Gasteiger partial charge in [0.05, 0.1) is 11.4 Å². The summed E-state index contributed by atoms with van der Waals surface area (Å²) in [5.41, 5.74) is 2.96. The predicted octanol–water partition coefficient (Wildman–Crippen LogP) is 3.16. The van der Waals surface area contributed by atoms with Gasteiger partial charge in [0.15, 0.2) is 0 Å². The van der Waals surface area contributed by atoms with Crippen molar-refractivity contribution < 1.29 is 42.2 Å². The fraction of sp³-hybridized carbons (Fsp3) is 0.400. The molecule has 1 aromatic rings. The van der Waals surface area contributed by atoms with Gasteiger partial charge in [-0.2, -0.15) is 0 Å². The van der Waals surface area contributed by atoms with Gasteiger partial charge in [0.1, 0.15) is 5.75 Å². The molecule has 0 aromatic heterocycles. The number of halogens is 1. The largest absolute Gasteiger partial charge is 0.494 e. The van der Waals surface area contributed by atoms with E-state index in [9.17, 15) is 4.79 Å². The van der Waals surface area contributed by atoms with Crippen LogP contribution >= 0.6 is 15.9 Å². The zero-order valence-electron chi connectivity index (χ0n) is 11.9. The van der Waals surface area contributed by atoms with Crippen LogP contribution in [0.3, 0.4) is 0 Å². The van der Waals surface area contributed by atoms with Crippen molar-refractivity contribution in [3.05, 3.63) is 35.4 Å². The fourth-order valence-corrected chi connectivity index (χ4v) is 2.62. The Morgan fingerprint density at radius 3 is 2.80 bits per heavy atom. The molecule has 0 saturated carbocycles. The van der Waals surface area contributed by atoms with Crippen molar-refractivity contribution in [3.63, 3.8) is 0 Å². The van der Waals surface area contributed by atoms with E-state index in [1.165, 1.54) is 0 Å². The van der Waals surface area contributed by atoms with Crippen LogP contribution in [0.15, 0.2) is 18.2 Å². The Labute approximate surface area is 153 Å². The summed E-state index contributed by atoms with van der Waals surface area (Å²) in [5, 5.41) is 0. The molecule has 1 atom stereocenters. The van der Waals surface area contributed by atoms with Gasteiger partial charge < -0.3 is 9.64 Å². The molecular formula is C15H17BrNO2Y-. The van der Waals surface area contributed by atoms with Crippen LogP contribution in [0, 0.1) is 13.0 Å². The zero-order chi connectivity index (χ0) is 14.0. The summed E-state index contributed by atoms with van der Waals surface area (Å²) >= 11 is 3.36. The molecule has 0 aliphatic carbocycles. The van der Waals surface area contributed by atoms with Crippen LogP contribution in [-0.2, 0) is 37.5 Å². The maximum atomic E-state index is 12.0. The van der Waals surface area contributed by atoms with Crippen LogP contribution < -0.4 is 4.74 Å². The Balaban J connectivity index is 0.00000200. The number of rotatable bonds is 3. The smallest absolute Gasteiger partial charge is 0.236 e. The summed E-state index contributed by atoms with van der Waals surface area (Å²) in [4.78, 5) is 13.5. The Hall–Kier alpha value is -0.186. The molecule has 0 N–H and O–H groups in total. The van der Waals surface area contributed by atoms with Crippen LogP contribution in [0.4, 0.5) is 0 Å². The zero-order valence-corrected chi connectivity index (χ0v) is 16.4. The number of carbonyl (C=O) groups excluding carboxylic acids is 1. The SMILES string of the molecule is CCOc1ccc(C2=[C-]CC(Br)C(=O)N2C)c(C)c1.[Y]. The third kappa shape index (κ3) is 3.72. The van der Waals surface area contributed by atoms with Gasteiger partial charge in [-0.1, -0.05) is 29.3 Å². The van der Waals surface area contributed by atoms with E-state index >= 15 is 0 Å². The van der Waals surface area contributed by atoms with Gasteiger partial charge in [0.2, 0.25) is 5.91 Å². The first-order valence-corrected chi connectivity index (χ1v) is 7.22. The number of amides is 1. The van der Waals surface area contributed by atoms with Crippen molar-refractivity contribution in [1.82, 2.24) is 4.90 Å². The molecule has 105 valence electrons. The van der Waals surface area contributed by atoms with Crippen molar-refractivity contribution in [3.8, 4) is 5.75 Å². The van der Waals surface area contributed by atoms with Gasteiger partial charge in [-0.25, -0.2) is 6.08 Å². The summed E-state index contributed by atoms with van der Waals surface area (Å²) in [6, 6.07) is 5.91. The molecule has 0 spiro atoms. The Bertz CT molecular complexity index is 531. The van der Waals surface area contributed by atoms with E-state index in [-0.39, 0.29) is 43.4 Å². The monoisotopic (exact) mass is 411 g/mol. The molecule has 0 saturated heterocycles. The van der Waals surface area contributed by atoms with Crippen LogP contribution in [0.25, 0.3) is 5.70 Å². The van der Waals surface area contributed by atoms with Crippen molar-refractivity contribution >= 4 is 27.5 Å². The van der Waals surface area contributed by atoms with Gasteiger partial charge >= 0.3 is 0 Å². The molecule has 1 aliphatic heterocycles. The quantitative estimate of drug-likeness (QED) is 0.564. The first-order chi connectivity index (χ1) is 9.04. The minimum atomic E-state index is -0.163. The van der Waals surface area contributed by atoms with E-state index in [4.69, 9.17) is 4.74 Å². The average molecular weight is 412 g/mol. The topological polar surface area (TPSA) is 29.5 Å². The van der Waals surface area contributed by atoms with Crippen molar-refractivity contribution in [2.24, 2.45) is 0 Å². The number of hydrogen-bond acceptors (Lipinski definition) is 2.